The van der Waals surface area contributed by atoms with Gasteiger partial charge in [0.25, 0.3) is 0 Å². The summed E-state index contributed by atoms with van der Waals surface area (Å²) >= 11 is 0. The molecule has 0 spiro atoms. The molecule has 1 rings (SSSR count). The molecule has 0 saturated carbocycles. The van der Waals surface area contributed by atoms with Crippen molar-refractivity contribution in [3.8, 4) is 0 Å². The summed E-state index contributed by atoms with van der Waals surface area (Å²) in [5, 5.41) is 2.19. The van der Waals surface area contributed by atoms with Crippen LogP contribution in [0.1, 0.15) is 27.2 Å². The van der Waals surface area contributed by atoms with E-state index in [1.165, 1.54) is 0 Å². The van der Waals surface area contributed by atoms with Crippen LogP contribution in [0.15, 0.2) is 12.1 Å². The first-order valence-electron chi connectivity index (χ1n) is 6.29. The van der Waals surface area contributed by atoms with Crippen LogP contribution in [0.25, 0.3) is 0 Å². The second-order valence-corrected chi connectivity index (χ2v) is 5.94. The lowest BCUT2D eigenvalue weighted by molar-refractivity contribution is -0.120. The van der Waals surface area contributed by atoms with Gasteiger partial charge in [0.05, 0.1) is 11.6 Å². The smallest absolute Gasteiger partial charge is 0.228 e. The number of halogens is 3. The van der Waals surface area contributed by atoms with Gasteiger partial charge in [-0.25, -0.2) is 13.2 Å². The van der Waals surface area contributed by atoms with Gasteiger partial charge in [0, 0.05) is 18.7 Å². The molecule has 3 N–H and O–H groups in total. The second kappa shape index (κ2) is 6.26. The van der Waals surface area contributed by atoms with Crippen LogP contribution < -0.4 is 11.1 Å². The van der Waals surface area contributed by atoms with E-state index >= 15 is 0 Å². The highest BCUT2D eigenvalue weighted by atomic mass is 19.2. The minimum Gasteiger partial charge on any atom is -0.330 e. The number of hydrogen-bond acceptors (Lipinski definition) is 2. The first-order valence-corrected chi connectivity index (χ1v) is 6.29. The first-order chi connectivity index (χ1) is 9.14. The zero-order valence-electron chi connectivity index (χ0n) is 11.8. The standard InChI is InChI=1S/C14H19F3N2O/c1-14(2,3)6-8(7-18)13(20)19-11-5-9(15)4-10(16)12(11)17/h4-5,8H,6-7,18H2,1-3H3,(H,19,20). The van der Waals surface area contributed by atoms with Gasteiger partial charge >= 0.3 is 0 Å². The van der Waals surface area contributed by atoms with Crippen LogP contribution in [0, 0.1) is 28.8 Å². The Morgan fingerprint density at radius 1 is 1.30 bits per heavy atom. The highest BCUT2D eigenvalue weighted by Gasteiger charge is 2.25. The van der Waals surface area contributed by atoms with Crippen molar-refractivity contribution in [1.29, 1.82) is 0 Å². The van der Waals surface area contributed by atoms with E-state index in [0.717, 1.165) is 6.07 Å². The Kier molecular flexibility index (Phi) is 5.16. The van der Waals surface area contributed by atoms with E-state index in [1.807, 2.05) is 20.8 Å². The fourth-order valence-corrected chi connectivity index (χ4v) is 1.90. The van der Waals surface area contributed by atoms with Crippen LogP contribution in [-0.4, -0.2) is 12.5 Å². The van der Waals surface area contributed by atoms with Crippen molar-refractivity contribution in [2.75, 3.05) is 11.9 Å². The number of nitrogens with two attached hydrogens (primary N) is 1. The third-order valence-electron chi connectivity index (χ3n) is 2.76. The highest BCUT2D eigenvalue weighted by molar-refractivity contribution is 5.92. The molecule has 6 heteroatoms. The molecule has 0 aliphatic rings. The fraction of sp³-hybridized carbons (Fsp3) is 0.500. The van der Waals surface area contributed by atoms with Crippen molar-refractivity contribution in [2.45, 2.75) is 27.2 Å². The zero-order chi connectivity index (χ0) is 15.5. The molecule has 0 aliphatic carbocycles. The van der Waals surface area contributed by atoms with E-state index in [9.17, 15) is 18.0 Å². The van der Waals surface area contributed by atoms with Crippen molar-refractivity contribution in [2.24, 2.45) is 17.1 Å². The van der Waals surface area contributed by atoms with Gasteiger partial charge in [-0.1, -0.05) is 20.8 Å². The molecular weight excluding hydrogens is 269 g/mol. The lowest BCUT2D eigenvalue weighted by atomic mass is 9.84. The molecule has 0 aliphatic heterocycles. The van der Waals surface area contributed by atoms with Gasteiger partial charge in [-0.3, -0.25) is 4.79 Å². The minimum absolute atomic E-state index is 0.0719. The lowest BCUT2D eigenvalue weighted by Crippen LogP contribution is -2.32. The molecule has 1 atom stereocenters. The quantitative estimate of drug-likeness (QED) is 0.837. The van der Waals surface area contributed by atoms with Gasteiger partial charge < -0.3 is 11.1 Å². The molecule has 0 radical (unpaired) electrons. The van der Waals surface area contributed by atoms with Crippen LogP contribution in [-0.2, 0) is 4.79 Å². The summed E-state index contributed by atoms with van der Waals surface area (Å²) in [6.45, 7) is 5.88. The van der Waals surface area contributed by atoms with Gasteiger partial charge in [-0.2, -0.15) is 0 Å². The monoisotopic (exact) mass is 288 g/mol. The van der Waals surface area contributed by atoms with E-state index in [0.29, 0.717) is 12.5 Å². The van der Waals surface area contributed by atoms with Crippen molar-refractivity contribution in [3.63, 3.8) is 0 Å². The van der Waals surface area contributed by atoms with Crippen LogP contribution >= 0.6 is 0 Å². The highest BCUT2D eigenvalue weighted by Crippen LogP contribution is 2.26. The Bertz CT molecular complexity index is 498. The Morgan fingerprint density at radius 3 is 2.40 bits per heavy atom. The lowest BCUT2D eigenvalue weighted by Gasteiger charge is -2.24. The molecule has 1 unspecified atom stereocenters. The number of nitrogens with one attached hydrogen (secondary N) is 1. The van der Waals surface area contributed by atoms with E-state index in [2.05, 4.69) is 5.32 Å². The Balaban J connectivity index is 2.89. The van der Waals surface area contributed by atoms with Crippen molar-refractivity contribution >= 4 is 11.6 Å². The first kappa shape index (κ1) is 16.5. The predicted molar refractivity (Wildman–Crippen MR) is 71.6 cm³/mol. The number of carbonyl (C=O) groups is 1. The SMILES string of the molecule is CC(C)(C)CC(CN)C(=O)Nc1cc(F)cc(F)c1F. The van der Waals surface area contributed by atoms with E-state index in [1.54, 1.807) is 0 Å². The minimum atomic E-state index is -1.35. The summed E-state index contributed by atoms with van der Waals surface area (Å²) in [5.41, 5.74) is 4.87. The second-order valence-electron chi connectivity index (χ2n) is 5.94. The molecular formula is C14H19F3N2O. The molecule has 0 saturated heterocycles. The molecule has 112 valence electrons. The summed E-state index contributed by atoms with van der Waals surface area (Å²) in [5.74, 6) is -4.70. The number of benzene rings is 1. The fourth-order valence-electron chi connectivity index (χ4n) is 1.90. The average Bonchev–Trinajstić information content (AvgIpc) is 2.31. The van der Waals surface area contributed by atoms with Crippen LogP contribution in [0.2, 0.25) is 0 Å². The molecule has 3 nitrogen and oxygen atoms in total. The number of anilines is 1. The average molecular weight is 288 g/mol. The van der Waals surface area contributed by atoms with E-state index in [4.69, 9.17) is 5.73 Å². The van der Waals surface area contributed by atoms with Gasteiger partial charge in [0.1, 0.15) is 5.82 Å². The topological polar surface area (TPSA) is 55.1 Å². The summed E-state index contributed by atoms with van der Waals surface area (Å²) in [7, 11) is 0. The molecule has 0 bridgehead atoms. The molecule has 1 aromatic carbocycles. The third kappa shape index (κ3) is 4.52. The molecule has 0 heterocycles. The van der Waals surface area contributed by atoms with Crippen LogP contribution in [0.5, 0.6) is 0 Å². The van der Waals surface area contributed by atoms with Crippen molar-refractivity contribution in [3.05, 3.63) is 29.6 Å². The largest absolute Gasteiger partial charge is 0.330 e. The Labute approximate surface area is 116 Å². The Hall–Kier alpha value is -1.56. The number of rotatable bonds is 4. The molecule has 20 heavy (non-hydrogen) atoms. The predicted octanol–water partition coefficient (Wildman–Crippen LogP) is 3.05. The van der Waals surface area contributed by atoms with Crippen LogP contribution in [0.3, 0.4) is 0 Å². The Morgan fingerprint density at radius 2 is 1.90 bits per heavy atom. The normalized spacial score (nSPS) is 13.2. The summed E-state index contributed by atoms with van der Waals surface area (Å²) in [6.07, 6.45) is 0.481. The van der Waals surface area contributed by atoms with E-state index < -0.39 is 35.0 Å². The third-order valence-corrected chi connectivity index (χ3v) is 2.76. The maximum atomic E-state index is 13.5. The molecule has 1 aromatic rings. The van der Waals surface area contributed by atoms with E-state index in [-0.39, 0.29) is 12.0 Å². The van der Waals surface area contributed by atoms with Crippen molar-refractivity contribution in [1.82, 2.24) is 0 Å². The van der Waals surface area contributed by atoms with Crippen LogP contribution in [0.4, 0.5) is 18.9 Å². The maximum absolute atomic E-state index is 13.5. The van der Waals surface area contributed by atoms with Gasteiger partial charge in [0.2, 0.25) is 5.91 Å². The zero-order valence-corrected chi connectivity index (χ0v) is 11.8. The van der Waals surface area contributed by atoms with Gasteiger partial charge in [-0.05, 0) is 11.8 Å². The number of hydrogen-bond donors (Lipinski definition) is 2. The summed E-state index contributed by atoms with van der Waals surface area (Å²) in [4.78, 5) is 12.0. The maximum Gasteiger partial charge on any atom is 0.228 e. The summed E-state index contributed by atoms with van der Waals surface area (Å²) in [6, 6.07) is 1.15. The number of amides is 1. The van der Waals surface area contributed by atoms with Gasteiger partial charge in [0.15, 0.2) is 11.6 Å². The van der Waals surface area contributed by atoms with Crippen molar-refractivity contribution < 1.29 is 18.0 Å². The number of carbonyl (C=O) groups excluding carboxylic acids is 1. The summed E-state index contributed by atoms with van der Waals surface area (Å²) < 4.78 is 39.5. The molecule has 0 aromatic heterocycles. The molecule has 0 fully saturated rings. The van der Waals surface area contributed by atoms with Gasteiger partial charge in [-0.15, -0.1) is 0 Å². The molecule has 1 amide bonds.